The van der Waals surface area contributed by atoms with Gasteiger partial charge in [-0.05, 0) is 93.4 Å². The van der Waals surface area contributed by atoms with Crippen LogP contribution in [-0.2, 0) is 37.7 Å². The highest BCUT2D eigenvalue weighted by atomic mass is 28.4. The molecule has 3 aliphatic heterocycles. The molecule has 3 N–H and O–H groups in total. The summed E-state index contributed by atoms with van der Waals surface area (Å²) in [5, 5.41) is 22.6. The van der Waals surface area contributed by atoms with Crippen molar-refractivity contribution in [2.75, 3.05) is 49.3 Å². The summed E-state index contributed by atoms with van der Waals surface area (Å²) in [5.41, 5.74) is 1.74. The second-order valence-electron chi connectivity index (χ2n) is 15.4. The maximum Gasteiger partial charge on any atom is 0.264 e. The molecule has 0 bridgehead atoms. The van der Waals surface area contributed by atoms with Crippen molar-refractivity contribution < 1.29 is 38.2 Å². The Bertz CT molecular complexity index is 1910. The van der Waals surface area contributed by atoms with Crippen LogP contribution < -0.4 is 19.9 Å². The summed E-state index contributed by atoms with van der Waals surface area (Å²) in [6.07, 6.45) is 2.29. The summed E-state index contributed by atoms with van der Waals surface area (Å²) in [7, 11) is -3.61. The molecule has 3 amide bonds. The van der Waals surface area contributed by atoms with Gasteiger partial charge in [0.25, 0.3) is 5.91 Å². The SMILES string of the molecule is C=CCN1C(=O)[C@]2(O[C@H](CC(=O)N(CCO)Cc3ccccc3)[C@@H]([Si](C)(C)F)[C@@H]2C)c2cc(N3C(=O)C(NCCCCO)Cc4cc(OCC)ccc43)ccc21. The van der Waals surface area contributed by atoms with Gasteiger partial charge in [-0.25, -0.2) is 0 Å². The molecule has 0 aliphatic carbocycles. The zero-order chi connectivity index (χ0) is 40.2. The van der Waals surface area contributed by atoms with E-state index >= 15 is 4.11 Å². The van der Waals surface area contributed by atoms with Gasteiger partial charge < -0.3 is 38.9 Å². The van der Waals surface area contributed by atoms with E-state index in [9.17, 15) is 24.6 Å². The van der Waals surface area contributed by atoms with Crippen LogP contribution in [0.3, 0.4) is 0 Å². The number of carbonyl (C=O) groups excluding carboxylic acids is 3. The van der Waals surface area contributed by atoms with Crippen molar-refractivity contribution in [2.45, 2.75) is 82.5 Å². The number of unbranched alkanes of at least 4 members (excludes halogenated alkanes) is 1. The van der Waals surface area contributed by atoms with Crippen LogP contribution in [0.15, 0.2) is 79.4 Å². The number of benzene rings is 3. The highest BCUT2D eigenvalue weighted by molar-refractivity contribution is 6.72. The molecule has 5 atom stereocenters. The number of hydrogen-bond acceptors (Lipinski definition) is 8. The molecule has 3 heterocycles. The second kappa shape index (κ2) is 17.4. The molecule has 1 saturated heterocycles. The minimum Gasteiger partial charge on any atom is -0.494 e. The molecule has 0 radical (unpaired) electrons. The lowest BCUT2D eigenvalue weighted by Crippen LogP contribution is -2.49. The first-order valence-corrected chi connectivity index (χ1v) is 22.7. The van der Waals surface area contributed by atoms with Crippen molar-refractivity contribution in [3.8, 4) is 5.75 Å². The monoisotopic (exact) mass is 786 g/mol. The third-order valence-corrected chi connectivity index (χ3v) is 13.8. The quantitative estimate of drug-likeness (QED) is 0.0683. The van der Waals surface area contributed by atoms with Crippen molar-refractivity contribution in [2.24, 2.45) is 5.92 Å². The number of hydrogen-bond donors (Lipinski definition) is 3. The van der Waals surface area contributed by atoms with Crippen LogP contribution in [-0.4, -0.2) is 92.8 Å². The number of halogens is 1. The fourth-order valence-corrected chi connectivity index (χ4v) is 11.4. The molecular weight excluding hydrogens is 732 g/mol. The van der Waals surface area contributed by atoms with Gasteiger partial charge in [0.15, 0.2) is 5.60 Å². The topological polar surface area (TPSA) is 132 Å². The molecular formula is C43H55FN4O7Si. The van der Waals surface area contributed by atoms with Crippen molar-refractivity contribution in [3.05, 3.63) is 96.1 Å². The molecule has 1 spiro atoms. The van der Waals surface area contributed by atoms with E-state index in [-0.39, 0.29) is 57.0 Å². The lowest BCUT2D eigenvalue weighted by Gasteiger charge is -2.36. The Morgan fingerprint density at radius 2 is 1.84 bits per heavy atom. The summed E-state index contributed by atoms with van der Waals surface area (Å²) < 4.78 is 29.4. The molecule has 6 rings (SSSR count). The predicted molar refractivity (Wildman–Crippen MR) is 217 cm³/mol. The minimum absolute atomic E-state index is 0.0679. The number of ether oxygens (including phenoxy) is 2. The average Bonchev–Trinajstić information content (AvgIpc) is 3.59. The molecule has 300 valence electrons. The second-order valence-corrected chi connectivity index (χ2v) is 19.2. The smallest absolute Gasteiger partial charge is 0.264 e. The Balaban J connectivity index is 1.42. The molecule has 0 aromatic heterocycles. The normalized spacial score (nSPS) is 23.1. The standard InChI is InChI=1S/C43H55FN4O7Si/c1-6-20-47-37-17-15-32(48-36-18-16-33(54-7-2)24-31(36)25-35(41(48)52)45-19-11-12-22-49)26-34(37)43(42(47)53)29(3)40(56(4,5)44)38(55-43)27-39(51)46(21-23-50)28-30-13-9-8-10-14-30/h6,8-10,13-18,24,26,29,35,38,40,45,49-50H,1,7,11-12,19-23,25,27-28H2,2-5H3/t29-,35?,38+,40-,43+/m0/s1. The number of anilines is 3. The van der Waals surface area contributed by atoms with Crippen LogP contribution >= 0.6 is 0 Å². The fourth-order valence-electron chi connectivity index (χ4n) is 8.92. The largest absolute Gasteiger partial charge is 0.494 e. The zero-order valence-electron chi connectivity index (χ0n) is 32.9. The van der Waals surface area contributed by atoms with Gasteiger partial charge in [-0.2, -0.15) is 0 Å². The maximum atomic E-state index is 16.7. The Morgan fingerprint density at radius 1 is 1.09 bits per heavy atom. The van der Waals surface area contributed by atoms with Crippen LogP contribution in [0.25, 0.3) is 0 Å². The van der Waals surface area contributed by atoms with E-state index in [0.717, 1.165) is 11.1 Å². The minimum atomic E-state index is -3.61. The number of nitrogens with one attached hydrogen (secondary N) is 1. The van der Waals surface area contributed by atoms with Crippen LogP contribution in [0.5, 0.6) is 5.75 Å². The average molecular weight is 787 g/mol. The third kappa shape index (κ3) is 7.92. The van der Waals surface area contributed by atoms with Crippen LogP contribution in [0.2, 0.25) is 18.6 Å². The van der Waals surface area contributed by atoms with E-state index < -0.39 is 37.6 Å². The van der Waals surface area contributed by atoms with E-state index in [4.69, 9.17) is 9.47 Å². The first-order chi connectivity index (χ1) is 26.9. The van der Waals surface area contributed by atoms with Gasteiger partial charge in [-0.3, -0.25) is 19.3 Å². The molecule has 0 saturated carbocycles. The van der Waals surface area contributed by atoms with Crippen molar-refractivity contribution in [1.82, 2.24) is 10.2 Å². The third-order valence-electron chi connectivity index (χ3n) is 11.3. The maximum absolute atomic E-state index is 16.7. The van der Waals surface area contributed by atoms with Crippen LogP contribution in [0, 0.1) is 5.92 Å². The van der Waals surface area contributed by atoms with Gasteiger partial charge >= 0.3 is 0 Å². The molecule has 3 aromatic carbocycles. The number of rotatable bonds is 17. The number of nitrogens with zero attached hydrogens (tertiary/aromatic N) is 3. The van der Waals surface area contributed by atoms with Gasteiger partial charge in [-0.15, -0.1) is 6.58 Å². The lowest BCUT2D eigenvalue weighted by molar-refractivity contribution is -0.149. The first-order valence-electron chi connectivity index (χ1n) is 19.7. The Labute approximate surface area is 330 Å². The van der Waals surface area contributed by atoms with E-state index in [1.807, 2.05) is 80.6 Å². The molecule has 56 heavy (non-hydrogen) atoms. The number of carbonyl (C=O) groups is 3. The zero-order valence-corrected chi connectivity index (χ0v) is 33.9. The van der Waals surface area contributed by atoms with Crippen molar-refractivity contribution in [3.63, 3.8) is 0 Å². The summed E-state index contributed by atoms with van der Waals surface area (Å²) >= 11 is 0. The number of fused-ring (bicyclic) bond motifs is 3. The van der Waals surface area contributed by atoms with E-state index in [1.165, 1.54) is 0 Å². The summed E-state index contributed by atoms with van der Waals surface area (Å²) in [4.78, 5) is 48.1. The van der Waals surface area contributed by atoms with E-state index in [1.54, 1.807) is 33.9 Å². The predicted octanol–water partition coefficient (Wildman–Crippen LogP) is 5.76. The highest BCUT2D eigenvalue weighted by Crippen LogP contribution is 2.61. The number of amides is 3. The molecule has 1 fully saturated rings. The summed E-state index contributed by atoms with van der Waals surface area (Å²) in [6.45, 7) is 12.2. The van der Waals surface area contributed by atoms with Crippen LogP contribution in [0.4, 0.5) is 21.2 Å². The molecule has 11 nitrogen and oxygen atoms in total. The Morgan fingerprint density at radius 3 is 2.52 bits per heavy atom. The van der Waals surface area contributed by atoms with E-state index in [0.29, 0.717) is 60.8 Å². The summed E-state index contributed by atoms with van der Waals surface area (Å²) in [6, 6.07) is 20.0. The lowest BCUT2D eigenvalue weighted by atomic mass is 9.82. The van der Waals surface area contributed by atoms with E-state index in [2.05, 4.69) is 11.9 Å². The van der Waals surface area contributed by atoms with Crippen molar-refractivity contribution >= 4 is 43.2 Å². The number of aliphatic hydroxyl groups excluding tert-OH is 2. The molecule has 13 heteroatoms. The molecule has 1 unspecified atom stereocenters. The van der Waals surface area contributed by atoms with Crippen molar-refractivity contribution in [1.29, 1.82) is 0 Å². The van der Waals surface area contributed by atoms with Gasteiger partial charge in [0.1, 0.15) is 5.75 Å². The summed E-state index contributed by atoms with van der Waals surface area (Å²) in [5.74, 6) is -0.808. The molecule has 3 aliphatic rings. The number of aliphatic hydroxyl groups is 2. The Kier molecular flexibility index (Phi) is 12.8. The molecule has 3 aromatic rings. The fraction of sp³-hybridized carbons (Fsp3) is 0.465. The van der Waals surface area contributed by atoms with Gasteiger partial charge in [0, 0.05) is 49.0 Å². The first kappa shape index (κ1) is 41.2. The van der Waals surface area contributed by atoms with Gasteiger partial charge in [-0.1, -0.05) is 43.3 Å². The van der Waals surface area contributed by atoms with Gasteiger partial charge in [0.05, 0.1) is 43.2 Å². The van der Waals surface area contributed by atoms with Crippen LogP contribution in [0.1, 0.15) is 49.8 Å². The van der Waals surface area contributed by atoms with Gasteiger partial charge in [0.2, 0.25) is 20.2 Å². The Hall–Kier alpha value is -4.40. The highest BCUT2D eigenvalue weighted by Gasteiger charge is 2.67.